The van der Waals surface area contributed by atoms with Crippen molar-refractivity contribution in [3.05, 3.63) is 35.2 Å². The molecular formula is C13H12N2O3S2. The van der Waals surface area contributed by atoms with Crippen LogP contribution in [0.2, 0.25) is 0 Å². The van der Waals surface area contributed by atoms with Crippen molar-refractivity contribution in [1.82, 2.24) is 10.3 Å². The van der Waals surface area contributed by atoms with Crippen LogP contribution in [-0.2, 0) is 4.79 Å². The van der Waals surface area contributed by atoms with Gasteiger partial charge in [-0.25, -0.2) is 9.78 Å². The predicted molar refractivity (Wildman–Crippen MR) is 79.3 cm³/mol. The number of aromatic carboxylic acids is 1. The van der Waals surface area contributed by atoms with Crippen molar-refractivity contribution in [3.63, 3.8) is 0 Å². The summed E-state index contributed by atoms with van der Waals surface area (Å²) in [5, 5.41) is 11.8. The number of hydrogen-bond donors (Lipinski definition) is 2. The minimum atomic E-state index is -1.01. The van der Waals surface area contributed by atoms with Gasteiger partial charge in [0, 0.05) is 12.6 Å². The summed E-state index contributed by atoms with van der Waals surface area (Å²) in [6, 6.07) is 9.15. The second-order valence-electron chi connectivity index (χ2n) is 3.79. The van der Waals surface area contributed by atoms with Gasteiger partial charge >= 0.3 is 5.97 Å². The van der Waals surface area contributed by atoms with E-state index < -0.39 is 5.97 Å². The molecule has 0 bridgehead atoms. The molecule has 0 unspecified atom stereocenters. The molecule has 0 saturated carbocycles. The van der Waals surface area contributed by atoms with E-state index >= 15 is 0 Å². The first-order chi connectivity index (χ1) is 9.61. The predicted octanol–water partition coefficient (Wildman–Crippen LogP) is 2.35. The molecule has 0 fully saturated rings. The molecule has 1 aromatic carbocycles. The lowest BCUT2D eigenvalue weighted by molar-refractivity contribution is -0.118. The minimum Gasteiger partial charge on any atom is -0.477 e. The summed E-state index contributed by atoms with van der Waals surface area (Å²) in [6.45, 7) is 0. The number of nitrogens with one attached hydrogen (secondary N) is 1. The zero-order valence-electron chi connectivity index (χ0n) is 10.6. The van der Waals surface area contributed by atoms with Crippen molar-refractivity contribution < 1.29 is 14.7 Å². The molecule has 7 heteroatoms. The molecular weight excluding hydrogens is 296 g/mol. The SMILES string of the molecule is CNC(=O)CSc1nc(-c2ccccc2)c(C(=O)O)s1. The average Bonchev–Trinajstić information content (AvgIpc) is 2.90. The molecule has 0 radical (unpaired) electrons. The van der Waals surface area contributed by atoms with Crippen molar-refractivity contribution in [3.8, 4) is 11.3 Å². The molecule has 2 rings (SSSR count). The van der Waals surface area contributed by atoms with Crippen molar-refractivity contribution in [2.75, 3.05) is 12.8 Å². The highest BCUT2D eigenvalue weighted by molar-refractivity contribution is 8.01. The van der Waals surface area contributed by atoms with Crippen LogP contribution in [0.5, 0.6) is 0 Å². The Balaban J connectivity index is 2.29. The Morgan fingerprint density at radius 2 is 2.05 bits per heavy atom. The highest BCUT2D eigenvalue weighted by Crippen LogP contribution is 2.33. The minimum absolute atomic E-state index is 0.122. The first-order valence-corrected chi connectivity index (χ1v) is 7.55. The maximum atomic E-state index is 11.3. The van der Waals surface area contributed by atoms with Crippen LogP contribution in [0.3, 0.4) is 0 Å². The van der Waals surface area contributed by atoms with Crippen LogP contribution >= 0.6 is 23.1 Å². The number of carbonyl (C=O) groups excluding carboxylic acids is 1. The maximum Gasteiger partial charge on any atom is 0.348 e. The molecule has 0 saturated heterocycles. The smallest absolute Gasteiger partial charge is 0.348 e. The van der Waals surface area contributed by atoms with E-state index in [0.717, 1.165) is 16.9 Å². The van der Waals surface area contributed by atoms with E-state index in [1.54, 1.807) is 7.05 Å². The molecule has 2 aromatic rings. The largest absolute Gasteiger partial charge is 0.477 e. The number of thioether (sulfide) groups is 1. The third-order valence-electron chi connectivity index (χ3n) is 2.45. The summed E-state index contributed by atoms with van der Waals surface area (Å²) >= 11 is 2.32. The summed E-state index contributed by atoms with van der Waals surface area (Å²) in [7, 11) is 1.56. The van der Waals surface area contributed by atoms with E-state index in [1.165, 1.54) is 11.8 Å². The number of carboxylic acids is 1. The molecule has 1 aromatic heterocycles. The summed E-state index contributed by atoms with van der Waals surface area (Å²) < 4.78 is 0.574. The Bertz CT molecular complexity index is 626. The zero-order chi connectivity index (χ0) is 14.5. The van der Waals surface area contributed by atoms with Crippen LogP contribution < -0.4 is 5.32 Å². The van der Waals surface area contributed by atoms with Gasteiger partial charge in [0.25, 0.3) is 0 Å². The van der Waals surface area contributed by atoms with Gasteiger partial charge in [0.05, 0.1) is 11.4 Å². The molecule has 2 N–H and O–H groups in total. The molecule has 0 aliphatic carbocycles. The Labute approximate surface area is 124 Å². The van der Waals surface area contributed by atoms with E-state index in [0.29, 0.717) is 10.0 Å². The Kier molecular flexibility index (Phi) is 4.75. The molecule has 104 valence electrons. The summed E-state index contributed by atoms with van der Waals surface area (Å²) in [6.07, 6.45) is 0. The number of benzene rings is 1. The van der Waals surface area contributed by atoms with E-state index in [-0.39, 0.29) is 16.5 Å². The number of carboxylic acid groups (broad SMARTS) is 1. The quantitative estimate of drug-likeness (QED) is 0.829. The fourth-order valence-corrected chi connectivity index (χ4v) is 3.37. The third-order valence-corrected chi connectivity index (χ3v) is 4.64. The lowest BCUT2D eigenvalue weighted by atomic mass is 10.1. The maximum absolute atomic E-state index is 11.3. The van der Waals surface area contributed by atoms with Crippen LogP contribution in [0, 0.1) is 0 Å². The highest BCUT2D eigenvalue weighted by atomic mass is 32.2. The van der Waals surface area contributed by atoms with Crippen LogP contribution in [-0.4, -0.2) is 34.8 Å². The van der Waals surface area contributed by atoms with Crippen molar-refractivity contribution in [1.29, 1.82) is 0 Å². The summed E-state index contributed by atoms with van der Waals surface area (Å²) in [5.74, 6) is -0.909. The molecule has 0 aliphatic rings. The van der Waals surface area contributed by atoms with Crippen molar-refractivity contribution in [2.45, 2.75) is 4.34 Å². The fraction of sp³-hybridized carbons (Fsp3) is 0.154. The number of aromatic nitrogens is 1. The standard InChI is InChI=1S/C13H12N2O3S2/c1-14-9(16)7-19-13-15-10(11(20-13)12(17)18)8-5-3-2-4-6-8/h2-6H,7H2,1H3,(H,14,16)(H,17,18). The van der Waals surface area contributed by atoms with Gasteiger partial charge in [-0.1, -0.05) is 53.4 Å². The van der Waals surface area contributed by atoms with Gasteiger partial charge in [-0.05, 0) is 0 Å². The summed E-state index contributed by atoms with van der Waals surface area (Å²) in [5.41, 5.74) is 1.20. The van der Waals surface area contributed by atoms with E-state index in [9.17, 15) is 14.7 Å². The van der Waals surface area contributed by atoms with Gasteiger partial charge in [0.15, 0.2) is 4.34 Å². The highest BCUT2D eigenvalue weighted by Gasteiger charge is 2.19. The van der Waals surface area contributed by atoms with Crippen LogP contribution in [0.4, 0.5) is 0 Å². The number of carbonyl (C=O) groups is 2. The van der Waals surface area contributed by atoms with E-state index in [1.807, 2.05) is 30.3 Å². The first-order valence-electron chi connectivity index (χ1n) is 5.74. The van der Waals surface area contributed by atoms with Crippen LogP contribution in [0.15, 0.2) is 34.7 Å². The number of hydrogen-bond acceptors (Lipinski definition) is 5. The number of nitrogens with zero attached hydrogens (tertiary/aromatic N) is 1. The normalized spacial score (nSPS) is 10.2. The van der Waals surface area contributed by atoms with Gasteiger partial charge in [0.1, 0.15) is 4.88 Å². The monoisotopic (exact) mass is 308 g/mol. The third kappa shape index (κ3) is 3.37. The lowest BCUT2D eigenvalue weighted by Crippen LogP contribution is -2.19. The second kappa shape index (κ2) is 6.53. The fourth-order valence-electron chi connectivity index (χ4n) is 1.50. The van der Waals surface area contributed by atoms with Gasteiger partial charge < -0.3 is 10.4 Å². The van der Waals surface area contributed by atoms with Crippen LogP contribution in [0.1, 0.15) is 9.67 Å². The summed E-state index contributed by atoms with van der Waals surface area (Å²) in [4.78, 5) is 27.0. The van der Waals surface area contributed by atoms with Gasteiger partial charge in [-0.15, -0.1) is 0 Å². The van der Waals surface area contributed by atoms with Crippen LogP contribution in [0.25, 0.3) is 11.3 Å². The van der Waals surface area contributed by atoms with Gasteiger partial charge in [-0.2, -0.15) is 0 Å². The molecule has 1 amide bonds. The molecule has 0 aliphatic heterocycles. The molecule has 1 heterocycles. The second-order valence-corrected chi connectivity index (χ2v) is 6.01. The number of thiazole rings is 1. The topological polar surface area (TPSA) is 79.3 Å². The Hall–Kier alpha value is -1.86. The number of rotatable bonds is 5. The van der Waals surface area contributed by atoms with Crippen molar-refractivity contribution >= 4 is 35.0 Å². The molecule has 0 spiro atoms. The average molecular weight is 308 g/mol. The van der Waals surface area contributed by atoms with Gasteiger partial charge in [0.2, 0.25) is 5.91 Å². The zero-order valence-corrected chi connectivity index (χ0v) is 12.3. The number of amides is 1. The van der Waals surface area contributed by atoms with Gasteiger partial charge in [-0.3, -0.25) is 4.79 Å². The molecule has 5 nitrogen and oxygen atoms in total. The van der Waals surface area contributed by atoms with Crippen molar-refractivity contribution in [2.24, 2.45) is 0 Å². The molecule has 20 heavy (non-hydrogen) atoms. The Morgan fingerprint density at radius 3 is 2.65 bits per heavy atom. The van der Waals surface area contributed by atoms with E-state index in [2.05, 4.69) is 10.3 Å². The molecule has 0 atom stereocenters. The Morgan fingerprint density at radius 1 is 1.35 bits per heavy atom. The first kappa shape index (κ1) is 14.5. The van der Waals surface area contributed by atoms with E-state index in [4.69, 9.17) is 0 Å². The lowest BCUT2D eigenvalue weighted by Gasteiger charge is -1.97.